The van der Waals surface area contributed by atoms with E-state index in [2.05, 4.69) is 96.9 Å². The van der Waals surface area contributed by atoms with Crippen molar-refractivity contribution >= 4 is 18.3 Å². The zero-order valence-corrected chi connectivity index (χ0v) is 29.9. The van der Waals surface area contributed by atoms with E-state index in [0.717, 1.165) is 61.7 Å². The van der Waals surface area contributed by atoms with E-state index in [1.54, 1.807) is 0 Å². The van der Waals surface area contributed by atoms with Crippen molar-refractivity contribution in [2.75, 3.05) is 32.0 Å². The lowest BCUT2D eigenvalue weighted by atomic mass is 9.86. The summed E-state index contributed by atoms with van der Waals surface area (Å²) in [6.45, 7) is 28.6. The van der Waals surface area contributed by atoms with Crippen LogP contribution >= 0.6 is 0 Å². The first kappa shape index (κ1) is 42.5. The summed E-state index contributed by atoms with van der Waals surface area (Å²) < 4.78 is 6.09. The highest BCUT2D eigenvalue weighted by molar-refractivity contribution is 6.00. The van der Waals surface area contributed by atoms with Crippen LogP contribution in [-0.2, 0) is 11.2 Å². The summed E-state index contributed by atoms with van der Waals surface area (Å²) in [5, 5.41) is 3.40. The van der Waals surface area contributed by atoms with Crippen molar-refractivity contribution in [3.05, 3.63) is 59.2 Å². The summed E-state index contributed by atoms with van der Waals surface area (Å²) >= 11 is 0. The standard InChI is InChI=1S/C16H21NO2.C12H19N.C4H10.C3H8.C2H6.CH2O/c1-11-3-4-15-13(9-11)14(18)10-16(19-15)12-5-7-17(2)8-6-12;1-4-11-5-7-12(8-6-11)13-9-10(2)3;1-4(2)3;1-3-2;2*1-2/h3-4,9,12,16H,5-8,10H2,1-2H3;5-8,10,13H,4,9H2,1-3H3;4H,1-3H3;3H2,1-2H3;1-2H3;1H2. The minimum Gasteiger partial charge on any atom is -0.489 e. The van der Waals surface area contributed by atoms with Gasteiger partial charge in [-0.2, -0.15) is 0 Å². The molecule has 5 heteroatoms. The summed E-state index contributed by atoms with van der Waals surface area (Å²) in [5.41, 5.74) is 4.51. The van der Waals surface area contributed by atoms with E-state index < -0.39 is 0 Å². The number of nitrogens with zero attached hydrogens (tertiary/aromatic N) is 1. The maximum absolute atomic E-state index is 12.3. The van der Waals surface area contributed by atoms with Gasteiger partial charge in [0.1, 0.15) is 18.6 Å². The number of fused-ring (bicyclic) bond motifs is 1. The molecule has 2 heterocycles. The Morgan fingerprint density at radius 1 is 0.930 bits per heavy atom. The number of nitrogens with one attached hydrogen (secondary N) is 1. The highest BCUT2D eigenvalue weighted by Crippen LogP contribution is 2.34. The maximum atomic E-state index is 12.3. The molecular weight excluding hydrogens is 532 g/mol. The fraction of sp³-hybridized carbons (Fsp3) is 0.632. The fourth-order valence-electron chi connectivity index (χ4n) is 4.31. The van der Waals surface area contributed by atoms with Crippen molar-refractivity contribution in [2.45, 2.75) is 114 Å². The molecule has 1 unspecified atom stereocenters. The van der Waals surface area contributed by atoms with Crippen LogP contribution in [0.5, 0.6) is 5.75 Å². The van der Waals surface area contributed by atoms with Gasteiger partial charge in [0, 0.05) is 18.7 Å². The number of carbonyl (C=O) groups is 2. The second kappa shape index (κ2) is 25.8. The average Bonchev–Trinajstić information content (AvgIpc) is 2.99. The number of hydrogen-bond acceptors (Lipinski definition) is 5. The van der Waals surface area contributed by atoms with Crippen molar-refractivity contribution in [1.82, 2.24) is 4.90 Å². The Bertz CT molecular complexity index is 945. The molecule has 1 N–H and O–H groups in total. The van der Waals surface area contributed by atoms with E-state index in [1.807, 2.05) is 45.8 Å². The van der Waals surface area contributed by atoms with E-state index in [0.29, 0.717) is 18.3 Å². The molecule has 0 aliphatic carbocycles. The number of aryl methyl sites for hydroxylation is 2. The molecule has 0 aromatic heterocycles. The van der Waals surface area contributed by atoms with Crippen LogP contribution in [0.3, 0.4) is 0 Å². The predicted octanol–water partition coefficient (Wildman–Crippen LogP) is 9.91. The minimum atomic E-state index is 0.0800. The van der Waals surface area contributed by atoms with Gasteiger partial charge in [-0.1, -0.05) is 99.4 Å². The molecule has 0 amide bonds. The largest absolute Gasteiger partial charge is 0.489 e. The zero-order chi connectivity index (χ0) is 33.4. The van der Waals surface area contributed by atoms with Crippen molar-refractivity contribution in [3.63, 3.8) is 0 Å². The third-order valence-electron chi connectivity index (χ3n) is 6.47. The summed E-state index contributed by atoms with van der Waals surface area (Å²) in [4.78, 5) is 22.6. The second-order valence-electron chi connectivity index (χ2n) is 12.2. The molecule has 2 aliphatic rings. The zero-order valence-electron chi connectivity index (χ0n) is 29.9. The number of carbonyl (C=O) groups excluding carboxylic acids is 2. The van der Waals surface area contributed by atoms with Gasteiger partial charge < -0.3 is 19.7 Å². The van der Waals surface area contributed by atoms with Gasteiger partial charge in [0.15, 0.2) is 5.78 Å². The SMILES string of the molecule is C=O.CC.CC(C)C.CCC.CCc1ccc(NCC(C)C)cc1.Cc1ccc2c(c1)C(=O)CC(C1CCN(C)CC1)O2. The quantitative estimate of drug-likeness (QED) is 0.371. The van der Waals surface area contributed by atoms with Gasteiger partial charge in [-0.15, -0.1) is 0 Å². The number of benzene rings is 2. The number of rotatable bonds is 5. The van der Waals surface area contributed by atoms with Crippen LogP contribution in [0.25, 0.3) is 0 Å². The molecule has 43 heavy (non-hydrogen) atoms. The van der Waals surface area contributed by atoms with Crippen molar-refractivity contribution < 1.29 is 14.3 Å². The Morgan fingerprint density at radius 3 is 1.91 bits per heavy atom. The van der Waals surface area contributed by atoms with Crippen LogP contribution in [-0.4, -0.2) is 50.3 Å². The van der Waals surface area contributed by atoms with Gasteiger partial charge in [0.25, 0.3) is 0 Å². The van der Waals surface area contributed by atoms with Gasteiger partial charge in [-0.05, 0) is 93.9 Å². The third kappa shape index (κ3) is 19.3. The van der Waals surface area contributed by atoms with Gasteiger partial charge >= 0.3 is 0 Å². The fourth-order valence-corrected chi connectivity index (χ4v) is 4.31. The van der Waals surface area contributed by atoms with Gasteiger partial charge in [-0.3, -0.25) is 4.79 Å². The number of piperidine rings is 1. The molecule has 5 nitrogen and oxygen atoms in total. The molecule has 2 aliphatic heterocycles. The van der Waals surface area contributed by atoms with Crippen LogP contribution < -0.4 is 10.1 Å². The van der Waals surface area contributed by atoms with Crippen molar-refractivity contribution in [1.29, 1.82) is 0 Å². The van der Waals surface area contributed by atoms with Crippen molar-refractivity contribution in [3.8, 4) is 5.75 Å². The number of ether oxygens (including phenoxy) is 1. The lowest BCUT2D eigenvalue weighted by Crippen LogP contribution is -2.40. The first-order valence-electron chi connectivity index (χ1n) is 16.6. The van der Waals surface area contributed by atoms with E-state index in [1.165, 1.54) is 17.7 Å². The van der Waals surface area contributed by atoms with E-state index in [-0.39, 0.29) is 11.9 Å². The first-order valence-corrected chi connectivity index (χ1v) is 16.6. The molecule has 0 bridgehead atoms. The normalized spacial score (nSPS) is 15.7. The van der Waals surface area contributed by atoms with Crippen molar-refractivity contribution in [2.24, 2.45) is 17.8 Å². The Labute approximate surface area is 266 Å². The molecule has 2 aromatic rings. The van der Waals surface area contributed by atoms with Crippen LogP contribution in [0.15, 0.2) is 42.5 Å². The molecule has 246 valence electrons. The van der Waals surface area contributed by atoms with Gasteiger partial charge in [0.05, 0.1) is 5.56 Å². The highest BCUT2D eigenvalue weighted by Gasteiger charge is 2.33. The van der Waals surface area contributed by atoms with Crippen LogP contribution in [0.4, 0.5) is 5.69 Å². The maximum Gasteiger partial charge on any atom is 0.170 e. The van der Waals surface area contributed by atoms with Gasteiger partial charge in [-0.25, -0.2) is 0 Å². The molecule has 0 radical (unpaired) electrons. The lowest BCUT2D eigenvalue weighted by molar-refractivity contribution is -0.0980. The Balaban J connectivity index is 0. The molecule has 1 fully saturated rings. The summed E-state index contributed by atoms with van der Waals surface area (Å²) in [6, 6.07) is 14.6. The molecule has 0 spiro atoms. The second-order valence-corrected chi connectivity index (χ2v) is 12.2. The number of hydrogen-bond donors (Lipinski definition) is 1. The number of anilines is 1. The Morgan fingerprint density at radius 2 is 1.44 bits per heavy atom. The summed E-state index contributed by atoms with van der Waals surface area (Å²) in [7, 11) is 2.15. The topological polar surface area (TPSA) is 58.6 Å². The minimum absolute atomic E-state index is 0.0800. The highest BCUT2D eigenvalue weighted by atomic mass is 16.5. The smallest absolute Gasteiger partial charge is 0.170 e. The van der Waals surface area contributed by atoms with Crippen LogP contribution in [0.2, 0.25) is 0 Å². The third-order valence-corrected chi connectivity index (χ3v) is 6.47. The number of Topliss-reactive ketones (excluding diaryl/α,β-unsaturated/α-hetero) is 1. The monoisotopic (exact) mass is 599 g/mol. The van der Waals surface area contributed by atoms with E-state index in [9.17, 15) is 4.79 Å². The van der Waals surface area contributed by atoms with E-state index in [4.69, 9.17) is 9.53 Å². The van der Waals surface area contributed by atoms with E-state index >= 15 is 0 Å². The molecule has 1 atom stereocenters. The number of ketones is 1. The summed E-state index contributed by atoms with van der Waals surface area (Å²) in [6.07, 6.45) is 5.26. The molecule has 2 aromatic carbocycles. The van der Waals surface area contributed by atoms with Crippen LogP contribution in [0, 0.1) is 24.7 Å². The molecular formula is C38H66N2O3. The number of likely N-dealkylation sites (tertiary alicyclic amines) is 1. The summed E-state index contributed by atoms with van der Waals surface area (Å²) in [5.74, 6) is 3.08. The Kier molecular flexibility index (Phi) is 25.5. The van der Waals surface area contributed by atoms with Crippen LogP contribution in [0.1, 0.15) is 116 Å². The predicted molar refractivity (Wildman–Crippen MR) is 189 cm³/mol. The molecule has 4 rings (SSSR count). The Hall–Kier alpha value is -2.66. The molecule has 1 saturated heterocycles. The lowest BCUT2D eigenvalue weighted by Gasteiger charge is -2.36. The average molecular weight is 599 g/mol. The molecule has 0 saturated carbocycles. The van der Waals surface area contributed by atoms with Gasteiger partial charge in [0.2, 0.25) is 0 Å². The first-order chi connectivity index (χ1) is 20.5.